The standard InChI is InChI=1S/C12H14O2S/c13-12(4-6-15-8-12)10-1-2-11-9(7-10)3-5-14-11/h1-2,7,13H,3-6,8H2. The molecule has 1 N–H and O–H groups in total. The Balaban J connectivity index is 1.98. The van der Waals surface area contributed by atoms with Crippen LogP contribution in [0, 0.1) is 0 Å². The van der Waals surface area contributed by atoms with Crippen LogP contribution in [0.15, 0.2) is 18.2 Å². The van der Waals surface area contributed by atoms with E-state index in [0.717, 1.165) is 42.3 Å². The minimum Gasteiger partial charge on any atom is -0.493 e. The summed E-state index contributed by atoms with van der Waals surface area (Å²) in [6, 6.07) is 6.13. The van der Waals surface area contributed by atoms with E-state index in [1.54, 1.807) is 0 Å². The van der Waals surface area contributed by atoms with Crippen molar-refractivity contribution in [3.05, 3.63) is 29.3 Å². The lowest BCUT2D eigenvalue weighted by Crippen LogP contribution is -2.24. The number of fused-ring (bicyclic) bond motifs is 1. The van der Waals surface area contributed by atoms with Gasteiger partial charge < -0.3 is 9.84 Å². The average Bonchev–Trinajstić information content (AvgIpc) is 2.85. The maximum absolute atomic E-state index is 10.4. The Morgan fingerprint density at radius 1 is 1.40 bits per heavy atom. The molecule has 1 saturated heterocycles. The predicted octanol–water partition coefficient (Wildman–Crippen LogP) is 1.95. The smallest absolute Gasteiger partial charge is 0.122 e. The third kappa shape index (κ3) is 1.54. The molecule has 2 heterocycles. The molecule has 1 unspecified atom stereocenters. The lowest BCUT2D eigenvalue weighted by atomic mass is 9.91. The van der Waals surface area contributed by atoms with Crippen LogP contribution in [0.4, 0.5) is 0 Å². The Morgan fingerprint density at radius 3 is 3.13 bits per heavy atom. The van der Waals surface area contributed by atoms with E-state index in [2.05, 4.69) is 6.07 Å². The molecule has 0 spiro atoms. The molecule has 0 saturated carbocycles. The molecule has 2 nitrogen and oxygen atoms in total. The van der Waals surface area contributed by atoms with E-state index in [9.17, 15) is 5.11 Å². The second-order valence-electron chi connectivity index (χ2n) is 4.26. The molecule has 1 fully saturated rings. The highest BCUT2D eigenvalue weighted by molar-refractivity contribution is 7.99. The minimum atomic E-state index is -0.595. The lowest BCUT2D eigenvalue weighted by Gasteiger charge is -2.22. The molecule has 2 aliphatic heterocycles. The second-order valence-corrected chi connectivity index (χ2v) is 5.36. The summed E-state index contributed by atoms with van der Waals surface area (Å²) in [6.07, 6.45) is 1.85. The Morgan fingerprint density at radius 2 is 2.33 bits per heavy atom. The fraction of sp³-hybridized carbons (Fsp3) is 0.500. The van der Waals surface area contributed by atoms with Gasteiger partial charge in [0.25, 0.3) is 0 Å². The first-order valence-electron chi connectivity index (χ1n) is 5.34. The highest BCUT2D eigenvalue weighted by atomic mass is 32.2. The van der Waals surface area contributed by atoms with Crippen molar-refractivity contribution < 1.29 is 9.84 Å². The fourth-order valence-corrected chi connectivity index (χ4v) is 3.53. The average molecular weight is 222 g/mol. The van der Waals surface area contributed by atoms with Crippen molar-refractivity contribution >= 4 is 11.8 Å². The SMILES string of the molecule is OC1(c2ccc3c(c2)CCO3)CCSC1. The Kier molecular flexibility index (Phi) is 2.18. The van der Waals surface area contributed by atoms with Crippen LogP contribution < -0.4 is 4.74 Å². The molecule has 1 aromatic carbocycles. The summed E-state index contributed by atoms with van der Waals surface area (Å²) in [6.45, 7) is 0.784. The van der Waals surface area contributed by atoms with Crippen LogP contribution in [-0.4, -0.2) is 23.2 Å². The summed E-state index contributed by atoms with van der Waals surface area (Å²) in [5.41, 5.74) is 1.72. The molecule has 1 aromatic rings. The van der Waals surface area contributed by atoms with Gasteiger partial charge in [-0.2, -0.15) is 11.8 Å². The van der Waals surface area contributed by atoms with Crippen molar-refractivity contribution in [2.24, 2.45) is 0 Å². The topological polar surface area (TPSA) is 29.5 Å². The van der Waals surface area contributed by atoms with E-state index in [1.807, 2.05) is 23.9 Å². The Bertz CT molecular complexity index is 383. The van der Waals surface area contributed by atoms with Crippen LogP contribution in [-0.2, 0) is 12.0 Å². The number of ether oxygens (including phenoxy) is 1. The Hall–Kier alpha value is -0.670. The van der Waals surface area contributed by atoms with Gasteiger partial charge in [0, 0.05) is 12.2 Å². The van der Waals surface area contributed by atoms with Crippen molar-refractivity contribution in [1.82, 2.24) is 0 Å². The van der Waals surface area contributed by atoms with Gasteiger partial charge in [0.15, 0.2) is 0 Å². The van der Waals surface area contributed by atoms with Crippen LogP contribution in [0.1, 0.15) is 17.5 Å². The third-order valence-corrected chi connectivity index (χ3v) is 4.40. The zero-order valence-electron chi connectivity index (χ0n) is 8.53. The molecule has 3 rings (SSSR count). The largest absolute Gasteiger partial charge is 0.493 e. The summed E-state index contributed by atoms with van der Waals surface area (Å²) in [5, 5.41) is 10.4. The lowest BCUT2D eigenvalue weighted by molar-refractivity contribution is 0.0657. The number of aliphatic hydroxyl groups is 1. The fourth-order valence-electron chi connectivity index (χ4n) is 2.26. The van der Waals surface area contributed by atoms with Gasteiger partial charge in [-0.05, 0) is 35.4 Å². The summed E-state index contributed by atoms with van der Waals surface area (Å²) in [4.78, 5) is 0. The van der Waals surface area contributed by atoms with Crippen molar-refractivity contribution in [2.75, 3.05) is 18.1 Å². The predicted molar refractivity (Wildman–Crippen MR) is 61.5 cm³/mol. The highest BCUT2D eigenvalue weighted by Gasteiger charge is 2.34. The van der Waals surface area contributed by atoms with E-state index in [0.29, 0.717) is 0 Å². The molecule has 0 bridgehead atoms. The van der Waals surface area contributed by atoms with Gasteiger partial charge >= 0.3 is 0 Å². The van der Waals surface area contributed by atoms with Crippen LogP contribution >= 0.6 is 11.8 Å². The molecule has 80 valence electrons. The van der Waals surface area contributed by atoms with Crippen LogP contribution in [0.5, 0.6) is 5.75 Å². The normalized spacial score (nSPS) is 28.9. The second kappa shape index (κ2) is 3.42. The molecule has 15 heavy (non-hydrogen) atoms. The quantitative estimate of drug-likeness (QED) is 0.787. The molecular weight excluding hydrogens is 208 g/mol. The van der Waals surface area contributed by atoms with Gasteiger partial charge in [-0.25, -0.2) is 0 Å². The monoisotopic (exact) mass is 222 g/mol. The van der Waals surface area contributed by atoms with Crippen molar-refractivity contribution in [1.29, 1.82) is 0 Å². The highest BCUT2D eigenvalue weighted by Crippen LogP contribution is 2.38. The zero-order chi connectivity index (χ0) is 10.3. The van der Waals surface area contributed by atoms with Gasteiger partial charge in [0.1, 0.15) is 5.75 Å². The number of hydrogen-bond acceptors (Lipinski definition) is 3. The molecule has 0 aromatic heterocycles. The van der Waals surface area contributed by atoms with Crippen molar-refractivity contribution in [2.45, 2.75) is 18.4 Å². The van der Waals surface area contributed by atoms with Gasteiger partial charge in [0.05, 0.1) is 12.2 Å². The van der Waals surface area contributed by atoms with Gasteiger partial charge in [-0.15, -0.1) is 0 Å². The van der Waals surface area contributed by atoms with Crippen molar-refractivity contribution in [3.63, 3.8) is 0 Å². The van der Waals surface area contributed by atoms with E-state index < -0.39 is 5.60 Å². The minimum absolute atomic E-state index is 0.595. The molecular formula is C12H14O2S. The van der Waals surface area contributed by atoms with Crippen LogP contribution in [0.25, 0.3) is 0 Å². The van der Waals surface area contributed by atoms with Crippen LogP contribution in [0.3, 0.4) is 0 Å². The first kappa shape index (κ1) is 9.55. The number of rotatable bonds is 1. The number of hydrogen-bond donors (Lipinski definition) is 1. The molecule has 2 aliphatic rings. The number of benzene rings is 1. The van der Waals surface area contributed by atoms with Crippen molar-refractivity contribution in [3.8, 4) is 5.75 Å². The maximum Gasteiger partial charge on any atom is 0.122 e. The van der Waals surface area contributed by atoms with Gasteiger partial charge in [-0.1, -0.05) is 6.07 Å². The first-order chi connectivity index (χ1) is 7.28. The van der Waals surface area contributed by atoms with E-state index in [1.165, 1.54) is 5.56 Å². The number of thioether (sulfide) groups is 1. The third-order valence-electron chi connectivity index (χ3n) is 3.23. The molecule has 0 radical (unpaired) electrons. The maximum atomic E-state index is 10.4. The molecule has 0 aliphatic carbocycles. The van der Waals surface area contributed by atoms with Crippen LogP contribution in [0.2, 0.25) is 0 Å². The summed E-state index contributed by atoms with van der Waals surface area (Å²) < 4.78 is 5.46. The Labute approximate surface area is 93.6 Å². The van der Waals surface area contributed by atoms with E-state index in [4.69, 9.17) is 4.74 Å². The van der Waals surface area contributed by atoms with Gasteiger partial charge in [0.2, 0.25) is 0 Å². The van der Waals surface area contributed by atoms with E-state index >= 15 is 0 Å². The first-order valence-corrected chi connectivity index (χ1v) is 6.50. The molecule has 1 atom stereocenters. The zero-order valence-corrected chi connectivity index (χ0v) is 9.35. The summed E-state index contributed by atoms with van der Waals surface area (Å²) in [7, 11) is 0. The summed E-state index contributed by atoms with van der Waals surface area (Å²) in [5.74, 6) is 2.88. The molecule has 0 amide bonds. The van der Waals surface area contributed by atoms with E-state index in [-0.39, 0.29) is 0 Å². The summed E-state index contributed by atoms with van der Waals surface area (Å²) >= 11 is 1.83. The van der Waals surface area contributed by atoms with Gasteiger partial charge in [-0.3, -0.25) is 0 Å². The molecule has 3 heteroatoms.